The number of carbonyl (C=O) groups is 1. The number of primary amides is 1. The zero-order valence-corrected chi connectivity index (χ0v) is 15.3. The molecule has 134 valence electrons. The van der Waals surface area contributed by atoms with Gasteiger partial charge in [-0.05, 0) is 42.9 Å². The van der Waals surface area contributed by atoms with Crippen molar-refractivity contribution < 1.29 is 4.79 Å². The summed E-state index contributed by atoms with van der Waals surface area (Å²) < 4.78 is 1.98. The van der Waals surface area contributed by atoms with Gasteiger partial charge < -0.3 is 11.5 Å². The van der Waals surface area contributed by atoms with Crippen LogP contribution in [-0.2, 0) is 24.8 Å². The maximum Gasteiger partial charge on any atom is 0.251 e. The van der Waals surface area contributed by atoms with E-state index in [2.05, 4.69) is 29.4 Å². The highest BCUT2D eigenvalue weighted by Crippen LogP contribution is 2.46. The minimum Gasteiger partial charge on any atom is -0.390 e. The number of hydrogen-bond acceptors (Lipinski definition) is 4. The molecule has 1 atom stereocenters. The van der Waals surface area contributed by atoms with Crippen LogP contribution < -0.4 is 11.5 Å². The molecule has 26 heavy (non-hydrogen) atoms. The van der Waals surface area contributed by atoms with Crippen LogP contribution in [0, 0.1) is 0 Å². The quantitative estimate of drug-likeness (QED) is 0.727. The molecule has 4 rings (SSSR count). The highest BCUT2D eigenvalue weighted by molar-refractivity contribution is 7.16. The van der Waals surface area contributed by atoms with E-state index in [0.29, 0.717) is 10.6 Å². The van der Waals surface area contributed by atoms with Crippen molar-refractivity contribution in [1.82, 2.24) is 9.78 Å². The minimum absolute atomic E-state index is 0.0203. The molecule has 0 fully saturated rings. The summed E-state index contributed by atoms with van der Waals surface area (Å²) in [6.07, 6.45) is 7.49. The van der Waals surface area contributed by atoms with Crippen LogP contribution in [0.3, 0.4) is 0 Å². The molecule has 2 heterocycles. The van der Waals surface area contributed by atoms with Gasteiger partial charge in [0.15, 0.2) is 0 Å². The molecule has 0 radical (unpaired) electrons. The van der Waals surface area contributed by atoms with Crippen molar-refractivity contribution in [3.05, 3.63) is 70.4 Å². The number of thiophene rings is 1. The molecule has 4 N–H and O–H groups in total. The second kappa shape index (κ2) is 6.61. The Morgan fingerprint density at radius 2 is 2.08 bits per heavy atom. The van der Waals surface area contributed by atoms with Gasteiger partial charge in [0.25, 0.3) is 5.91 Å². The summed E-state index contributed by atoms with van der Waals surface area (Å²) in [5.41, 5.74) is 14.6. The molecule has 1 unspecified atom stereocenters. The fraction of sp³-hybridized carbons (Fsp3) is 0.300. The molecule has 5 nitrogen and oxygen atoms in total. The topological polar surface area (TPSA) is 86.9 Å². The van der Waals surface area contributed by atoms with E-state index in [0.717, 1.165) is 37.8 Å². The van der Waals surface area contributed by atoms with Crippen molar-refractivity contribution in [1.29, 1.82) is 0 Å². The van der Waals surface area contributed by atoms with Crippen molar-refractivity contribution in [2.45, 2.75) is 37.6 Å². The number of aromatic nitrogens is 2. The van der Waals surface area contributed by atoms with Crippen LogP contribution >= 0.6 is 11.3 Å². The van der Waals surface area contributed by atoms with Crippen molar-refractivity contribution >= 4 is 22.2 Å². The van der Waals surface area contributed by atoms with Crippen LogP contribution in [0.25, 0.3) is 0 Å². The number of carbonyl (C=O) groups excluding carboxylic acids is 1. The smallest absolute Gasteiger partial charge is 0.251 e. The molecule has 0 saturated heterocycles. The largest absolute Gasteiger partial charge is 0.390 e. The highest BCUT2D eigenvalue weighted by atomic mass is 32.1. The Morgan fingerprint density at radius 1 is 1.27 bits per heavy atom. The lowest BCUT2D eigenvalue weighted by Gasteiger charge is -2.38. The molecule has 0 spiro atoms. The predicted molar refractivity (Wildman–Crippen MR) is 104 cm³/mol. The van der Waals surface area contributed by atoms with Gasteiger partial charge in [-0.25, -0.2) is 0 Å². The molecule has 1 aliphatic carbocycles. The molecule has 1 amide bonds. The highest BCUT2D eigenvalue weighted by Gasteiger charge is 2.38. The van der Waals surface area contributed by atoms with Gasteiger partial charge in [0.1, 0.15) is 0 Å². The molecule has 1 aliphatic rings. The van der Waals surface area contributed by atoms with E-state index in [1.165, 1.54) is 21.8 Å². The third-order valence-electron chi connectivity index (χ3n) is 5.48. The SMILES string of the molecule is NC(=O)c1c(N)sc2c1CCC(CCn1cccn1)(c1ccccc1)C2. The Labute approximate surface area is 156 Å². The Morgan fingerprint density at radius 3 is 2.77 bits per heavy atom. The van der Waals surface area contributed by atoms with Gasteiger partial charge >= 0.3 is 0 Å². The van der Waals surface area contributed by atoms with Gasteiger partial charge in [-0.3, -0.25) is 9.48 Å². The summed E-state index contributed by atoms with van der Waals surface area (Å²) in [6, 6.07) is 12.6. The third kappa shape index (κ3) is 2.90. The number of nitrogens with zero attached hydrogens (tertiary/aromatic N) is 2. The lowest BCUT2D eigenvalue weighted by molar-refractivity contribution is 0.1000. The summed E-state index contributed by atoms with van der Waals surface area (Å²) in [5.74, 6) is -0.413. The molecule has 2 aromatic heterocycles. The van der Waals surface area contributed by atoms with Crippen LogP contribution in [0.4, 0.5) is 5.00 Å². The number of hydrogen-bond donors (Lipinski definition) is 2. The number of nitrogen functional groups attached to an aromatic ring is 1. The van der Waals surface area contributed by atoms with Crippen molar-refractivity contribution in [2.75, 3.05) is 5.73 Å². The summed E-state index contributed by atoms with van der Waals surface area (Å²) in [4.78, 5) is 13.0. The number of aryl methyl sites for hydroxylation is 1. The first-order valence-corrected chi connectivity index (χ1v) is 9.63. The van der Waals surface area contributed by atoms with Crippen LogP contribution in [0.1, 0.15) is 39.2 Å². The summed E-state index contributed by atoms with van der Waals surface area (Å²) >= 11 is 1.52. The molecule has 0 bridgehead atoms. The second-order valence-corrected chi connectivity index (χ2v) is 8.09. The Balaban J connectivity index is 1.71. The number of rotatable bonds is 5. The van der Waals surface area contributed by atoms with Gasteiger partial charge in [-0.2, -0.15) is 5.10 Å². The maximum atomic E-state index is 11.8. The van der Waals surface area contributed by atoms with Crippen molar-refractivity contribution in [3.63, 3.8) is 0 Å². The number of anilines is 1. The second-order valence-electron chi connectivity index (χ2n) is 6.95. The van der Waals surface area contributed by atoms with E-state index in [1.54, 1.807) is 0 Å². The van der Waals surface area contributed by atoms with Crippen molar-refractivity contribution in [2.24, 2.45) is 5.73 Å². The maximum absolute atomic E-state index is 11.8. The summed E-state index contributed by atoms with van der Waals surface area (Å²) in [5, 5.41) is 4.90. The Bertz CT molecular complexity index is 917. The zero-order chi connectivity index (χ0) is 18.1. The molecule has 0 saturated carbocycles. The summed E-state index contributed by atoms with van der Waals surface area (Å²) in [7, 11) is 0. The van der Waals surface area contributed by atoms with E-state index >= 15 is 0 Å². The molecule has 6 heteroatoms. The standard InChI is InChI=1S/C20H22N4OS/c21-18(25)17-15-7-8-20(13-16(15)26-19(17)22,14-5-2-1-3-6-14)9-12-24-11-4-10-23-24/h1-6,10-11H,7-9,12-13,22H2,(H2,21,25). The minimum atomic E-state index is -0.413. The zero-order valence-electron chi connectivity index (χ0n) is 14.5. The number of benzene rings is 1. The van der Waals surface area contributed by atoms with Gasteiger partial charge in [0, 0.05) is 29.2 Å². The first-order valence-electron chi connectivity index (χ1n) is 8.82. The Kier molecular flexibility index (Phi) is 4.28. The lowest BCUT2D eigenvalue weighted by atomic mass is 9.67. The number of fused-ring (bicyclic) bond motifs is 1. The molecular formula is C20H22N4OS. The van der Waals surface area contributed by atoms with Crippen LogP contribution in [0.5, 0.6) is 0 Å². The van der Waals surface area contributed by atoms with E-state index in [-0.39, 0.29) is 5.41 Å². The number of amides is 1. The van der Waals surface area contributed by atoms with Gasteiger partial charge in [-0.1, -0.05) is 30.3 Å². The number of nitrogens with two attached hydrogens (primary N) is 2. The van der Waals surface area contributed by atoms with E-state index in [4.69, 9.17) is 11.5 Å². The molecule has 1 aromatic carbocycles. The first-order chi connectivity index (χ1) is 12.6. The molecule has 0 aliphatic heterocycles. The fourth-order valence-electron chi connectivity index (χ4n) is 4.13. The third-order valence-corrected chi connectivity index (χ3v) is 6.54. The lowest BCUT2D eigenvalue weighted by Crippen LogP contribution is -2.34. The van der Waals surface area contributed by atoms with Crippen LogP contribution in [-0.4, -0.2) is 15.7 Å². The molecular weight excluding hydrogens is 344 g/mol. The average Bonchev–Trinajstić information content (AvgIpc) is 3.26. The fourth-order valence-corrected chi connectivity index (χ4v) is 5.40. The van der Waals surface area contributed by atoms with Gasteiger partial charge in [0.05, 0.1) is 10.6 Å². The molecule has 3 aromatic rings. The van der Waals surface area contributed by atoms with E-state index in [1.807, 2.05) is 29.2 Å². The Hall–Kier alpha value is -2.60. The average molecular weight is 366 g/mol. The van der Waals surface area contributed by atoms with E-state index < -0.39 is 5.91 Å². The normalized spacial score (nSPS) is 19.2. The monoisotopic (exact) mass is 366 g/mol. The predicted octanol–water partition coefficient (Wildman–Crippen LogP) is 3.14. The van der Waals surface area contributed by atoms with Gasteiger partial charge in [0.2, 0.25) is 0 Å². The van der Waals surface area contributed by atoms with Gasteiger partial charge in [-0.15, -0.1) is 11.3 Å². The van der Waals surface area contributed by atoms with E-state index in [9.17, 15) is 4.79 Å². The summed E-state index contributed by atoms with van der Waals surface area (Å²) in [6.45, 7) is 0.862. The first kappa shape index (κ1) is 16.8. The van der Waals surface area contributed by atoms with Crippen LogP contribution in [0.2, 0.25) is 0 Å². The van der Waals surface area contributed by atoms with Crippen molar-refractivity contribution in [3.8, 4) is 0 Å². The van der Waals surface area contributed by atoms with Crippen LogP contribution in [0.15, 0.2) is 48.8 Å².